The molecular formula is C13H21N3O3S. The highest BCUT2D eigenvalue weighted by atomic mass is 32.2. The average Bonchev–Trinajstić information content (AvgIpc) is 2.36. The molecule has 0 spiro atoms. The number of sulfone groups is 1. The van der Waals surface area contributed by atoms with E-state index in [1.54, 1.807) is 24.3 Å². The minimum Gasteiger partial charge on any atom is -0.492 e. The molecule has 0 aliphatic carbocycles. The number of amidine groups is 1. The molecule has 0 radical (unpaired) electrons. The predicted molar refractivity (Wildman–Crippen MR) is 80.2 cm³/mol. The monoisotopic (exact) mass is 299 g/mol. The lowest BCUT2D eigenvalue weighted by molar-refractivity contribution is 0.244. The lowest BCUT2D eigenvalue weighted by atomic mass is 10.2. The molecule has 0 fully saturated rings. The standard InChI is InChI=1S/C13H21N3O3S/c1-16(8-10-20(2,17)18)7-9-19-12-5-3-11(4-6-12)13(14)15/h3-6H,7-10H2,1-2H3,(H3,14,15). The summed E-state index contributed by atoms with van der Waals surface area (Å²) in [5.41, 5.74) is 6.01. The number of nitrogen functional groups attached to an aromatic ring is 1. The van der Waals surface area contributed by atoms with Crippen molar-refractivity contribution in [3.8, 4) is 5.75 Å². The highest BCUT2D eigenvalue weighted by Crippen LogP contribution is 2.11. The first-order valence-corrected chi connectivity index (χ1v) is 8.27. The molecule has 112 valence electrons. The third-order valence-electron chi connectivity index (χ3n) is 2.75. The molecule has 1 rings (SSSR count). The van der Waals surface area contributed by atoms with Crippen LogP contribution in [0.15, 0.2) is 24.3 Å². The van der Waals surface area contributed by atoms with Crippen molar-refractivity contribution >= 4 is 15.7 Å². The summed E-state index contributed by atoms with van der Waals surface area (Å²) in [5.74, 6) is 0.875. The molecule has 0 unspecified atom stereocenters. The summed E-state index contributed by atoms with van der Waals surface area (Å²) in [6, 6.07) is 6.97. The van der Waals surface area contributed by atoms with Crippen molar-refractivity contribution in [2.45, 2.75) is 0 Å². The second kappa shape index (κ2) is 7.25. The molecule has 1 aromatic rings. The molecule has 0 atom stereocenters. The molecule has 0 amide bonds. The Labute approximate surface area is 120 Å². The van der Waals surface area contributed by atoms with E-state index in [0.717, 1.165) is 0 Å². The fourth-order valence-electron chi connectivity index (χ4n) is 1.48. The molecule has 6 nitrogen and oxygen atoms in total. The molecule has 7 heteroatoms. The van der Waals surface area contributed by atoms with Gasteiger partial charge in [-0.3, -0.25) is 5.41 Å². The van der Waals surface area contributed by atoms with Gasteiger partial charge in [-0.1, -0.05) is 0 Å². The van der Waals surface area contributed by atoms with Gasteiger partial charge < -0.3 is 15.4 Å². The highest BCUT2D eigenvalue weighted by molar-refractivity contribution is 7.90. The zero-order chi connectivity index (χ0) is 15.2. The van der Waals surface area contributed by atoms with E-state index in [-0.39, 0.29) is 11.6 Å². The molecule has 20 heavy (non-hydrogen) atoms. The Bertz CT molecular complexity index is 540. The molecule has 3 N–H and O–H groups in total. The van der Waals surface area contributed by atoms with Crippen LogP contribution in [0, 0.1) is 5.41 Å². The van der Waals surface area contributed by atoms with Crippen molar-refractivity contribution in [1.82, 2.24) is 4.90 Å². The highest BCUT2D eigenvalue weighted by Gasteiger charge is 2.05. The zero-order valence-electron chi connectivity index (χ0n) is 11.8. The maximum absolute atomic E-state index is 11.0. The Balaban J connectivity index is 2.31. The van der Waals surface area contributed by atoms with Gasteiger partial charge in [-0.25, -0.2) is 8.42 Å². The van der Waals surface area contributed by atoms with Gasteiger partial charge >= 0.3 is 0 Å². The van der Waals surface area contributed by atoms with E-state index in [9.17, 15) is 8.42 Å². The molecule has 1 aromatic carbocycles. The molecule has 0 heterocycles. The van der Waals surface area contributed by atoms with Crippen molar-refractivity contribution < 1.29 is 13.2 Å². The summed E-state index contributed by atoms with van der Waals surface area (Å²) in [5, 5.41) is 7.28. The maximum atomic E-state index is 11.0. The minimum absolute atomic E-state index is 0.0251. The number of hydrogen-bond acceptors (Lipinski definition) is 5. The Hall–Kier alpha value is -1.60. The quantitative estimate of drug-likeness (QED) is 0.532. The summed E-state index contributed by atoms with van der Waals surface area (Å²) in [6.07, 6.45) is 1.23. The topological polar surface area (TPSA) is 96.5 Å². The van der Waals surface area contributed by atoms with E-state index >= 15 is 0 Å². The number of likely N-dealkylation sites (N-methyl/N-ethyl adjacent to an activating group) is 1. The molecule has 0 aliphatic heterocycles. The number of nitrogens with one attached hydrogen (secondary N) is 1. The summed E-state index contributed by atoms with van der Waals surface area (Å²) in [4.78, 5) is 1.91. The predicted octanol–water partition coefficient (Wildman–Crippen LogP) is 0.326. The van der Waals surface area contributed by atoms with Crippen LogP contribution in [-0.4, -0.2) is 57.9 Å². The van der Waals surface area contributed by atoms with Crippen LogP contribution in [0.5, 0.6) is 5.75 Å². The van der Waals surface area contributed by atoms with E-state index in [4.69, 9.17) is 15.9 Å². The molecule has 0 saturated carbocycles. The van der Waals surface area contributed by atoms with Gasteiger partial charge in [0.1, 0.15) is 28.0 Å². The van der Waals surface area contributed by atoms with Gasteiger partial charge in [0.15, 0.2) is 0 Å². The van der Waals surface area contributed by atoms with Gasteiger partial charge in [0.05, 0.1) is 5.75 Å². The maximum Gasteiger partial charge on any atom is 0.148 e. The SMILES string of the molecule is CN(CCOc1ccc(C(=N)N)cc1)CCS(C)(=O)=O. The number of ether oxygens (including phenoxy) is 1. The van der Waals surface area contributed by atoms with Gasteiger partial charge in [-0.2, -0.15) is 0 Å². The Morgan fingerprint density at radius 2 is 1.90 bits per heavy atom. The Kier molecular flexibility index (Phi) is 5.97. The van der Waals surface area contributed by atoms with Crippen molar-refractivity contribution in [1.29, 1.82) is 5.41 Å². The van der Waals surface area contributed by atoms with Crippen LogP contribution in [-0.2, 0) is 9.84 Å². The van der Waals surface area contributed by atoms with Crippen molar-refractivity contribution in [2.24, 2.45) is 5.73 Å². The van der Waals surface area contributed by atoms with E-state index in [0.29, 0.717) is 31.0 Å². The first kappa shape index (κ1) is 16.5. The first-order valence-electron chi connectivity index (χ1n) is 6.21. The second-order valence-corrected chi connectivity index (χ2v) is 6.98. The van der Waals surface area contributed by atoms with Crippen molar-refractivity contribution in [3.63, 3.8) is 0 Å². The number of rotatable bonds is 8. The van der Waals surface area contributed by atoms with Crippen molar-refractivity contribution in [2.75, 3.05) is 38.8 Å². The Morgan fingerprint density at radius 1 is 1.30 bits per heavy atom. The summed E-state index contributed by atoms with van der Waals surface area (Å²) in [6.45, 7) is 1.61. The van der Waals surface area contributed by atoms with E-state index in [1.165, 1.54) is 6.26 Å². The van der Waals surface area contributed by atoms with E-state index in [2.05, 4.69) is 0 Å². The van der Waals surface area contributed by atoms with Crippen LogP contribution in [0.3, 0.4) is 0 Å². The molecule has 0 bridgehead atoms. The largest absolute Gasteiger partial charge is 0.492 e. The molecule has 0 saturated heterocycles. The van der Waals surface area contributed by atoms with Gasteiger partial charge in [0.25, 0.3) is 0 Å². The number of nitrogens with two attached hydrogens (primary N) is 1. The Morgan fingerprint density at radius 3 is 2.40 bits per heavy atom. The summed E-state index contributed by atoms with van der Waals surface area (Å²) < 4.78 is 27.6. The van der Waals surface area contributed by atoms with Crippen LogP contribution in [0.2, 0.25) is 0 Å². The van der Waals surface area contributed by atoms with Crippen molar-refractivity contribution in [3.05, 3.63) is 29.8 Å². The number of hydrogen-bond donors (Lipinski definition) is 2. The summed E-state index contributed by atoms with van der Waals surface area (Å²) >= 11 is 0. The van der Waals surface area contributed by atoms with Crippen LogP contribution in [0.25, 0.3) is 0 Å². The summed E-state index contributed by atoms with van der Waals surface area (Å²) in [7, 11) is -1.07. The molecule has 0 aliphatic rings. The van der Waals surface area contributed by atoms with Crippen LogP contribution in [0.1, 0.15) is 5.56 Å². The van der Waals surface area contributed by atoms with Gasteiger partial charge in [0, 0.05) is 24.9 Å². The average molecular weight is 299 g/mol. The van der Waals surface area contributed by atoms with E-state index < -0.39 is 9.84 Å². The normalized spacial score (nSPS) is 11.6. The van der Waals surface area contributed by atoms with Gasteiger partial charge in [-0.15, -0.1) is 0 Å². The minimum atomic E-state index is -2.92. The van der Waals surface area contributed by atoms with E-state index in [1.807, 2.05) is 11.9 Å². The number of benzene rings is 1. The van der Waals surface area contributed by atoms with Gasteiger partial charge in [-0.05, 0) is 31.3 Å². The lowest BCUT2D eigenvalue weighted by Crippen LogP contribution is -2.29. The second-order valence-electron chi connectivity index (χ2n) is 4.72. The molecular weight excluding hydrogens is 278 g/mol. The third kappa shape index (κ3) is 6.53. The molecule has 0 aromatic heterocycles. The van der Waals surface area contributed by atoms with Gasteiger partial charge in [0.2, 0.25) is 0 Å². The lowest BCUT2D eigenvalue weighted by Gasteiger charge is -2.16. The fraction of sp³-hybridized carbons (Fsp3) is 0.462. The smallest absolute Gasteiger partial charge is 0.148 e. The van der Waals surface area contributed by atoms with Crippen LogP contribution in [0.4, 0.5) is 0 Å². The third-order valence-corrected chi connectivity index (χ3v) is 3.68. The van der Waals surface area contributed by atoms with Crippen LogP contribution < -0.4 is 10.5 Å². The number of nitrogens with zero attached hydrogens (tertiary/aromatic N) is 1. The zero-order valence-corrected chi connectivity index (χ0v) is 12.6. The van der Waals surface area contributed by atoms with Crippen LogP contribution >= 0.6 is 0 Å². The fourth-order valence-corrected chi connectivity index (χ4v) is 2.13. The first-order chi connectivity index (χ1) is 9.28.